The van der Waals surface area contributed by atoms with E-state index < -0.39 is 0 Å². The third-order valence-electron chi connectivity index (χ3n) is 2.54. The van der Waals surface area contributed by atoms with Gasteiger partial charge in [0.05, 0.1) is 12.5 Å². The third kappa shape index (κ3) is 2.21. The molecular formula is C11H12N4O3. The highest BCUT2D eigenvalue weighted by Gasteiger charge is 2.12. The highest BCUT2D eigenvalue weighted by molar-refractivity contribution is 5.77. The van der Waals surface area contributed by atoms with Crippen molar-refractivity contribution < 1.29 is 9.63 Å². The molecule has 1 aromatic heterocycles. The van der Waals surface area contributed by atoms with Crippen molar-refractivity contribution in [3.05, 3.63) is 34.6 Å². The van der Waals surface area contributed by atoms with Gasteiger partial charge in [-0.1, -0.05) is 17.3 Å². The molecule has 7 heteroatoms. The Balaban J connectivity index is 2.38. The fourth-order valence-electron chi connectivity index (χ4n) is 1.46. The molecule has 1 heterocycles. The highest BCUT2D eigenvalue weighted by Crippen LogP contribution is 2.03. The Labute approximate surface area is 103 Å². The van der Waals surface area contributed by atoms with E-state index in [9.17, 15) is 9.59 Å². The van der Waals surface area contributed by atoms with E-state index in [1.807, 2.05) is 0 Å². The lowest BCUT2D eigenvalue weighted by molar-refractivity contribution is -0.169. The van der Waals surface area contributed by atoms with Crippen LogP contribution >= 0.6 is 0 Å². The second kappa shape index (κ2) is 4.92. The van der Waals surface area contributed by atoms with Crippen molar-refractivity contribution in [3.63, 3.8) is 0 Å². The number of fused-ring (bicyclic) bond motifs is 1. The van der Waals surface area contributed by atoms with E-state index in [2.05, 4.69) is 10.3 Å². The van der Waals surface area contributed by atoms with Crippen LogP contribution in [0, 0.1) is 0 Å². The highest BCUT2D eigenvalue weighted by atomic mass is 16.7. The number of hydrogen-bond donors (Lipinski definition) is 0. The maximum atomic E-state index is 12.0. The summed E-state index contributed by atoms with van der Waals surface area (Å²) in [5.74, 6) is -0.385. The summed E-state index contributed by atoms with van der Waals surface area (Å²) in [4.78, 5) is 28.4. The second-order valence-corrected chi connectivity index (χ2v) is 3.64. The van der Waals surface area contributed by atoms with Gasteiger partial charge in [-0.3, -0.25) is 14.4 Å². The normalized spacial score (nSPS) is 10.6. The SMILES string of the molecule is CON(C)C(=O)Cn1nnc2ccccc2c1=O. The molecule has 1 aromatic carbocycles. The van der Waals surface area contributed by atoms with Gasteiger partial charge >= 0.3 is 0 Å². The number of benzene rings is 1. The average molecular weight is 248 g/mol. The van der Waals surface area contributed by atoms with Crippen LogP contribution in [0.1, 0.15) is 0 Å². The molecule has 0 spiro atoms. The lowest BCUT2D eigenvalue weighted by Crippen LogP contribution is -2.35. The van der Waals surface area contributed by atoms with E-state index in [0.29, 0.717) is 10.9 Å². The first-order chi connectivity index (χ1) is 8.63. The molecule has 2 aromatic rings. The van der Waals surface area contributed by atoms with Crippen molar-refractivity contribution in [3.8, 4) is 0 Å². The van der Waals surface area contributed by atoms with Crippen molar-refractivity contribution in [2.75, 3.05) is 14.2 Å². The zero-order valence-electron chi connectivity index (χ0n) is 10.0. The zero-order valence-corrected chi connectivity index (χ0v) is 10.0. The summed E-state index contributed by atoms with van der Waals surface area (Å²) in [7, 11) is 2.83. The van der Waals surface area contributed by atoms with Crippen molar-refractivity contribution in [1.29, 1.82) is 0 Å². The predicted molar refractivity (Wildman–Crippen MR) is 63.6 cm³/mol. The monoisotopic (exact) mass is 248 g/mol. The quantitative estimate of drug-likeness (QED) is 0.704. The average Bonchev–Trinajstić information content (AvgIpc) is 2.41. The Morgan fingerprint density at radius 2 is 2.17 bits per heavy atom. The number of nitrogens with zero attached hydrogens (tertiary/aromatic N) is 4. The van der Waals surface area contributed by atoms with Gasteiger partial charge in [0.1, 0.15) is 12.1 Å². The molecule has 94 valence electrons. The zero-order chi connectivity index (χ0) is 13.1. The number of rotatable bonds is 3. The minimum atomic E-state index is -0.385. The van der Waals surface area contributed by atoms with E-state index in [-0.39, 0.29) is 18.0 Å². The molecule has 0 atom stereocenters. The van der Waals surface area contributed by atoms with Crippen LogP contribution in [0.5, 0.6) is 0 Å². The van der Waals surface area contributed by atoms with Gasteiger partial charge in [-0.2, -0.15) is 0 Å². The van der Waals surface area contributed by atoms with E-state index in [1.54, 1.807) is 24.3 Å². The molecule has 2 rings (SSSR count). The molecular weight excluding hydrogens is 236 g/mol. The maximum absolute atomic E-state index is 12.0. The summed E-state index contributed by atoms with van der Waals surface area (Å²) in [5, 5.41) is 9.06. The van der Waals surface area contributed by atoms with Gasteiger partial charge in [-0.05, 0) is 12.1 Å². The Morgan fingerprint density at radius 3 is 2.89 bits per heavy atom. The lowest BCUT2D eigenvalue weighted by atomic mass is 10.2. The summed E-state index contributed by atoms with van der Waals surface area (Å²) in [6, 6.07) is 6.84. The van der Waals surface area contributed by atoms with Crippen LogP contribution < -0.4 is 5.56 Å². The summed E-state index contributed by atoms with van der Waals surface area (Å²) in [6.07, 6.45) is 0. The fourth-order valence-corrected chi connectivity index (χ4v) is 1.46. The molecule has 0 fully saturated rings. The molecule has 0 unspecified atom stereocenters. The maximum Gasteiger partial charge on any atom is 0.278 e. The molecule has 0 N–H and O–H groups in total. The van der Waals surface area contributed by atoms with E-state index in [0.717, 1.165) is 9.75 Å². The van der Waals surface area contributed by atoms with Gasteiger partial charge in [-0.25, -0.2) is 9.75 Å². The number of hydroxylamine groups is 2. The summed E-state index contributed by atoms with van der Waals surface area (Å²) >= 11 is 0. The van der Waals surface area contributed by atoms with Gasteiger partial charge in [0.15, 0.2) is 0 Å². The van der Waals surface area contributed by atoms with Crippen LogP contribution in [0.15, 0.2) is 29.1 Å². The standard InChI is InChI=1S/C11H12N4O3/c1-14(18-2)10(16)7-15-11(17)8-5-3-4-6-9(8)12-13-15/h3-6H,7H2,1-2H3. The van der Waals surface area contributed by atoms with Gasteiger partial charge in [0.25, 0.3) is 11.5 Å². The van der Waals surface area contributed by atoms with E-state index in [1.165, 1.54) is 14.2 Å². The molecule has 18 heavy (non-hydrogen) atoms. The van der Waals surface area contributed by atoms with Crippen molar-refractivity contribution in [1.82, 2.24) is 20.1 Å². The second-order valence-electron chi connectivity index (χ2n) is 3.64. The Bertz CT molecular complexity index is 637. The van der Waals surface area contributed by atoms with Crippen molar-refractivity contribution >= 4 is 16.8 Å². The third-order valence-corrected chi connectivity index (χ3v) is 2.54. The van der Waals surface area contributed by atoms with Gasteiger partial charge < -0.3 is 0 Å². The number of likely N-dealkylation sites (N-methyl/N-ethyl adjacent to an activating group) is 1. The summed E-state index contributed by atoms with van der Waals surface area (Å²) in [6.45, 7) is -0.207. The van der Waals surface area contributed by atoms with E-state index in [4.69, 9.17) is 4.84 Å². The molecule has 0 aliphatic rings. The lowest BCUT2D eigenvalue weighted by Gasteiger charge is -2.13. The van der Waals surface area contributed by atoms with Gasteiger partial charge in [0.2, 0.25) is 0 Å². The van der Waals surface area contributed by atoms with Gasteiger partial charge in [-0.15, -0.1) is 5.10 Å². The Hall–Kier alpha value is -2.28. The van der Waals surface area contributed by atoms with Crippen molar-refractivity contribution in [2.45, 2.75) is 6.54 Å². The first-order valence-electron chi connectivity index (χ1n) is 5.26. The molecule has 0 saturated carbocycles. The van der Waals surface area contributed by atoms with Gasteiger partial charge in [0, 0.05) is 7.05 Å². The van der Waals surface area contributed by atoms with Crippen molar-refractivity contribution in [2.24, 2.45) is 0 Å². The fraction of sp³-hybridized carbons (Fsp3) is 0.273. The predicted octanol–water partition coefficient (Wildman–Crippen LogP) is -0.189. The largest absolute Gasteiger partial charge is 0.278 e. The number of amides is 1. The minimum Gasteiger partial charge on any atom is -0.275 e. The van der Waals surface area contributed by atoms with E-state index >= 15 is 0 Å². The van der Waals surface area contributed by atoms with Crippen LogP contribution in [0.4, 0.5) is 0 Å². The first kappa shape index (κ1) is 12.2. The smallest absolute Gasteiger partial charge is 0.275 e. The van der Waals surface area contributed by atoms with Crippen LogP contribution in [-0.4, -0.2) is 40.1 Å². The topological polar surface area (TPSA) is 77.3 Å². The number of aromatic nitrogens is 3. The molecule has 0 bridgehead atoms. The Kier molecular flexibility index (Phi) is 3.33. The molecule has 7 nitrogen and oxygen atoms in total. The Morgan fingerprint density at radius 1 is 1.44 bits per heavy atom. The number of carbonyl (C=O) groups is 1. The minimum absolute atomic E-state index is 0.207. The van der Waals surface area contributed by atoms with Crippen LogP contribution in [0.25, 0.3) is 10.9 Å². The van der Waals surface area contributed by atoms with Crippen LogP contribution in [0.2, 0.25) is 0 Å². The molecule has 0 aliphatic carbocycles. The number of carbonyl (C=O) groups excluding carboxylic acids is 1. The summed E-state index contributed by atoms with van der Waals surface area (Å²) < 4.78 is 1.01. The molecule has 1 amide bonds. The summed E-state index contributed by atoms with van der Waals surface area (Å²) in [5.41, 5.74) is 0.157. The molecule has 0 saturated heterocycles. The molecule has 0 radical (unpaired) electrons. The molecule has 0 aliphatic heterocycles. The van der Waals surface area contributed by atoms with Crippen LogP contribution in [0.3, 0.4) is 0 Å². The number of hydrogen-bond acceptors (Lipinski definition) is 5. The first-order valence-corrected chi connectivity index (χ1v) is 5.26. The van der Waals surface area contributed by atoms with Crippen LogP contribution in [-0.2, 0) is 16.2 Å².